The van der Waals surface area contributed by atoms with Crippen LogP contribution in [0.5, 0.6) is 0 Å². The minimum Gasteiger partial charge on any atom is -0.408 e. The maximum Gasteiger partial charge on any atom is 0.312 e. The van der Waals surface area contributed by atoms with E-state index in [0.717, 1.165) is 18.4 Å². The lowest BCUT2D eigenvalue weighted by molar-refractivity contribution is 0.0706. The van der Waals surface area contributed by atoms with Crippen LogP contribution >= 0.6 is 0 Å². The van der Waals surface area contributed by atoms with Crippen molar-refractivity contribution >= 4 is 11.9 Å². The number of amides is 1. The zero-order chi connectivity index (χ0) is 16.4. The molecule has 0 aliphatic carbocycles. The van der Waals surface area contributed by atoms with Gasteiger partial charge >= 0.3 is 6.01 Å². The molecule has 1 aliphatic heterocycles. The molecule has 0 atom stereocenters. The van der Waals surface area contributed by atoms with Gasteiger partial charge in [-0.3, -0.25) is 4.79 Å². The van der Waals surface area contributed by atoms with Crippen molar-refractivity contribution in [3.05, 3.63) is 41.3 Å². The molecule has 23 heavy (non-hydrogen) atoms. The number of aromatic nitrogens is 2. The van der Waals surface area contributed by atoms with Crippen LogP contribution in [0.25, 0.3) is 0 Å². The largest absolute Gasteiger partial charge is 0.408 e. The number of benzene rings is 1. The second kappa shape index (κ2) is 6.40. The summed E-state index contributed by atoms with van der Waals surface area (Å²) in [6, 6.07) is 8.01. The Bertz CT molecular complexity index is 670. The van der Waals surface area contributed by atoms with Gasteiger partial charge in [-0.2, -0.15) is 0 Å². The van der Waals surface area contributed by atoms with Crippen LogP contribution < -0.4 is 5.73 Å². The predicted octanol–water partition coefficient (Wildman–Crippen LogP) is 2.80. The van der Waals surface area contributed by atoms with Gasteiger partial charge in [-0.05, 0) is 36.5 Å². The highest BCUT2D eigenvalue weighted by Crippen LogP contribution is 2.28. The van der Waals surface area contributed by atoms with Gasteiger partial charge in [0.1, 0.15) is 0 Å². The lowest BCUT2D eigenvalue weighted by atomic mass is 9.96. The standard InChI is InChI=1S/C17H22N4O2/c1-11(2)12-3-5-14(6-4-12)16(22)21-9-7-13(8-10-21)15-19-20-17(18)23-15/h3-6,11,13H,7-10H2,1-2H3,(H2,18,20). The fourth-order valence-corrected chi connectivity index (χ4v) is 2.93. The summed E-state index contributed by atoms with van der Waals surface area (Å²) in [5.74, 6) is 1.32. The molecule has 1 aromatic carbocycles. The van der Waals surface area contributed by atoms with Crippen molar-refractivity contribution in [3.8, 4) is 0 Å². The Morgan fingerprint density at radius 3 is 2.39 bits per heavy atom. The lowest BCUT2D eigenvalue weighted by Crippen LogP contribution is -2.38. The van der Waals surface area contributed by atoms with Gasteiger partial charge in [0.05, 0.1) is 0 Å². The van der Waals surface area contributed by atoms with Crippen molar-refractivity contribution in [1.82, 2.24) is 15.1 Å². The summed E-state index contributed by atoms with van der Waals surface area (Å²) in [5.41, 5.74) is 7.46. The summed E-state index contributed by atoms with van der Waals surface area (Å²) in [6.07, 6.45) is 1.63. The first kappa shape index (κ1) is 15.5. The first-order valence-electron chi connectivity index (χ1n) is 8.02. The minimum atomic E-state index is 0.0869. The summed E-state index contributed by atoms with van der Waals surface area (Å²) in [5, 5.41) is 7.65. The first-order chi connectivity index (χ1) is 11.0. The Morgan fingerprint density at radius 2 is 1.87 bits per heavy atom. The fraction of sp³-hybridized carbons (Fsp3) is 0.471. The number of carbonyl (C=O) groups is 1. The molecule has 0 spiro atoms. The van der Waals surface area contributed by atoms with Crippen LogP contribution in [0.1, 0.15) is 60.3 Å². The highest BCUT2D eigenvalue weighted by atomic mass is 16.4. The average molecular weight is 314 g/mol. The van der Waals surface area contributed by atoms with E-state index in [1.165, 1.54) is 5.56 Å². The molecule has 6 heteroatoms. The van der Waals surface area contributed by atoms with Crippen molar-refractivity contribution in [3.63, 3.8) is 0 Å². The van der Waals surface area contributed by atoms with Gasteiger partial charge in [0.25, 0.3) is 5.91 Å². The van der Waals surface area contributed by atoms with E-state index < -0.39 is 0 Å². The monoisotopic (exact) mass is 314 g/mol. The normalized spacial score (nSPS) is 16.0. The second-order valence-electron chi connectivity index (χ2n) is 6.32. The van der Waals surface area contributed by atoms with E-state index in [1.54, 1.807) is 0 Å². The molecule has 1 fully saturated rings. The van der Waals surface area contributed by atoms with Gasteiger partial charge in [0.15, 0.2) is 0 Å². The SMILES string of the molecule is CC(C)c1ccc(C(=O)N2CCC(c3nnc(N)o3)CC2)cc1. The maximum absolute atomic E-state index is 12.6. The zero-order valence-corrected chi connectivity index (χ0v) is 13.5. The van der Waals surface area contributed by atoms with Crippen LogP contribution in [0.3, 0.4) is 0 Å². The third kappa shape index (κ3) is 3.36. The Balaban J connectivity index is 1.61. The number of piperidine rings is 1. The third-order valence-corrected chi connectivity index (χ3v) is 4.41. The van der Waals surface area contributed by atoms with Crippen molar-refractivity contribution in [2.24, 2.45) is 0 Å². The molecular formula is C17H22N4O2. The number of hydrogen-bond donors (Lipinski definition) is 1. The molecule has 0 bridgehead atoms. The number of likely N-dealkylation sites (tertiary alicyclic amines) is 1. The molecule has 1 saturated heterocycles. The quantitative estimate of drug-likeness (QED) is 0.941. The highest BCUT2D eigenvalue weighted by molar-refractivity contribution is 5.94. The second-order valence-corrected chi connectivity index (χ2v) is 6.32. The molecule has 6 nitrogen and oxygen atoms in total. The van der Waals surface area contributed by atoms with Crippen LogP contribution in [-0.2, 0) is 0 Å². The summed E-state index contributed by atoms with van der Waals surface area (Å²) in [7, 11) is 0. The van der Waals surface area contributed by atoms with Crippen molar-refractivity contribution in [1.29, 1.82) is 0 Å². The van der Waals surface area contributed by atoms with Crippen molar-refractivity contribution in [2.45, 2.75) is 38.5 Å². The predicted molar refractivity (Wildman–Crippen MR) is 87.1 cm³/mol. The first-order valence-corrected chi connectivity index (χ1v) is 8.02. The van der Waals surface area contributed by atoms with Gasteiger partial charge in [0.2, 0.25) is 5.89 Å². The van der Waals surface area contributed by atoms with E-state index in [9.17, 15) is 4.79 Å². The topological polar surface area (TPSA) is 85.2 Å². The van der Waals surface area contributed by atoms with E-state index in [2.05, 4.69) is 24.0 Å². The smallest absolute Gasteiger partial charge is 0.312 e. The Morgan fingerprint density at radius 1 is 1.22 bits per heavy atom. The molecule has 122 valence electrons. The van der Waals surface area contributed by atoms with Gasteiger partial charge in [-0.15, -0.1) is 5.10 Å². The average Bonchev–Trinajstić information content (AvgIpc) is 3.01. The molecule has 2 aromatic rings. The molecule has 0 radical (unpaired) electrons. The molecule has 0 unspecified atom stereocenters. The van der Waals surface area contributed by atoms with E-state index >= 15 is 0 Å². The number of anilines is 1. The molecule has 1 amide bonds. The molecule has 0 saturated carbocycles. The number of nitrogens with zero attached hydrogens (tertiary/aromatic N) is 3. The molecule has 2 heterocycles. The molecule has 1 aromatic heterocycles. The number of nitrogen functional groups attached to an aromatic ring is 1. The maximum atomic E-state index is 12.6. The van der Waals surface area contributed by atoms with Crippen LogP contribution in [0.4, 0.5) is 6.01 Å². The number of nitrogens with two attached hydrogens (primary N) is 1. The molecule has 1 aliphatic rings. The van der Waals surface area contributed by atoms with Gasteiger partial charge in [0, 0.05) is 24.6 Å². The lowest BCUT2D eigenvalue weighted by Gasteiger charge is -2.30. The third-order valence-electron chi connectivity index (χ3n) is 4.41. The Kier molecular flexibility index (Phi) is 4.32. The summed E-state index contributed by atoms with van der Waals surface area (Å²) in [6.45, 7) is 5.67. The number of rotatable bonds is 3. The molecule has 3 rings (SSSR count). The van der Waals surface area contributed by atoms with E-state index in [1.807, 2.05) is 29.2 Å². The van der Waals surface area contributed by atoms with Crippen molar-refractivity contribution in [2.75, 3.05) is 18.8 Å². The van der Waals surface area contributed by atoms with Crippen LogP contribution in [0.2, 0.25) is 0 Å². The molecule has 2 N–H and O–H groups in total. The minimum absolute atomic E-state index is 0.0869. The van der Waals surface area contributed by atoms with Gasteiger partial charge < -0.3 is 15.1 Å². The van der Waals surface area contributed by atoms with Gasteiger partial charge in [-0.25, -0.2) is 0 Å². The molecular weight excluding hydrogens is 292 g/mol. The highest BCUT2D eigenvalue weighted by Gasteiger charge is 2.27. The van der Waals surface area contributed by atoms with Crippen LogP contribution in [0.15, 0.2) is 28.7 Å². The Labute approximate surface area is 135 Å². The zero-order valence-electron chi connectivity index (χ0n) is 13.5. The Hall–Kier alpha value is -2.37. The summed E-state index contributed by atoms with van der Waals surface area (Å²) >= 11 is 0. The fourth-order valence-electron chi connectivity index (χ4n) is 2.93. The summed E-state index contributed by atoms with van der Waals surface area (Å²) in [4.78, 5) is 14.5. The van der Waals surface area contributed by atoms with Crippen molar-refractivity contribution < 1.29 is 9.21 Å². The number of hydrogen-bond acceptors (Lipinski definition) is 5. The van der Waals surface area contributed by atoms with Gasteiger partial charge in [-0.1, -0.05) is 31.1 Å². The summed E-state index contributed by atoms with van der Waals surface area (Å²) < 4.78 is 5.29. The van der Waals surface area contributed by atoms with E-state index in [4.69, 9.17) is 10.2 Å². The van der Waals surface area contributed by atoms with E-state index in [0.29, 0.717) is 24.9 Å². The van der Waals surface area contributed by atoms with Crippen LogP contribution in [0, 0.1) is 0 Å². The van der Waals surface area contributed by atoms with Crippen LogP contribution in [-0.4, -0.2) is 34.1 Å². The number of carbonyl (C=O) groups excluding carboxylic acids is 1. The van der Waals surface area contributed by atoms with E-state index in [-0.39, 0.29) is 17.8 Å².